The molecular formula is C11H13N3O2S. The Bertz CT molecular complexity index is 590. The van der Waals surface area contributed by atoms with E-state index in [2.05, 4.69) is 9.71 Å². The molecule has 90 valence electrons. The average molecular weight is 251 g/mol. The van der Waals surface area contributed by atoms with E-state index in [1.165, 1.54) is 12.3 Å². The van der Waals surface area contributed by atoms with Crippen molar-refractivity contribution in [2.45, 2.75) is 11.4 Å². The Morgan fingerprint density at radius 3 is 2.53 bits per heavy atom. The molecule has 0 fully saturated rings. The molecule has 0 radical (unpaired) electrons. The van der Waals surface area contributed by atoms with Gasteiger partial charge in [0, 0.05) is 24.1 Å². The van der Waals surface area contributed by atoms with Crippen LogP contribution in [0.4, 0.5) is 5.69 Å². The first-order valence-electron chi connectivity index (χ1n) is 5.07. The van der Waals surface area contributed by atoms with E-state index in [-0.39, 0.29) is 11.4 Å². The lowest BCUT2D eigenvalue weighted by Crippen LogP contribution is -2.11. The molecule has 1 heterocycles. The molecule has 0 amide bonds. The molecule has 0 aliphatic rings. The zero-order valence-corrected chi connectivity index (χ0v) is 9.87. The Hall–Kier alpha value is -1.79. The Morgan fingerprint density at radius 2 is 1.94 bits per heavy atom. The highest BCUT2D eigenvalue weighted by atomic mass is 32.2. The molecule has 6 heteroatoms. The Morgan fingerprint density at radius 1 is 1.24 bits per heavy atom. The molecule has 5 nitrogen and oxygen atoms in total. The van der Waals surface area contributed by atoms with Gasteiger partial charge in [-0.3, -0.25) is 4.72 Å². The lowest BCUT2D eigenvalue weighted by Gasteiger charge is -2.05. The number of hydrogen-bond donors (Lipinski definition) is 3. The quantitative estimate of drug-likeness (QED) is 0.764. The number of nitrogens with two attached hydrogens (primary N) is 1. The summed E-state index contributed by atoms with van der Waals surface area (Å²) in [6.07, 6.45) is 1.42. The largest absolute Gasteiger partial charge is 0.363 e. The van der Waals surface area contributed by atoms with Crippen LogP contribution in [0.5, 0.6) is 0 Å². The summed E-state index contributed by atoms with van der Waals surface area (Å²) in [4.78, 5) is 2.99. The molecule has 0 saturated carbocycles. The molecule has 0 bridgehead atoms. The predicted molar refractivity (Wildman–Crippen MR) is 65.9 cm³/mol. The van der Waals surface area contributed by atoms with E-state index in [9.17, 15) is 8.42 Å². The molecule has 0 saturated heterocycles. The number of anilines is 1. The van der Waals surface area contributed by atoms with Crippen molar-refractivity contribution in [1.82, 2.24) is 4.98 Å². The van der Waals surface area contributed by atoms with Crippen LogP contribution < -0.4 is 10.5 Å². The Kier molecular flexibility index (Phi) is 3.16. The number of aromatic amines is 1. The second-order valence-corrected chi connectivity index (χ2v) is 5.22. The van der Waals surface area contributed by atoms with Crippen molar-refractivity contribution in [2.24, 2.45) is 5.73 Å². The number of H-pyrrole nitrogens is 1. The minimum Gasteiger partial charge on any atom is -0.363 e. The van der Waals surface area contributed by atoms with Gasteiger partial charge in [-0.25, -0.2) is 8.42 Å². The average Bonchev–Trinajstić information content (AvgIpc) is 2.79. The number of aromatic nitrogens is 1. The van der Waals surface area contributed by atoms with Crippen molar-refractivity contribution < 1.29 is 8.42 Å². The summed E-state index contributed by atoms with van der Waals surface area (Å²) in [6.45, 7) is 0.279. The van der Waals surface area contributed by atoms with Gasteiger partial charge in [-0.15, -0.1) is 0 Å². The monoisotopic (exact) mass is 251 g/mol. The van der Waals surface area contributed by atoms with Gasteiger partial charge in [0.05, 0.1) is 0 Å². The van der Waals surface area contributed by atoms with Gasteiger partial charge in [0.25, 0.3) is 10.0 Å². The molecule has 2 aromatic rings. The van der Waals surface area contributed by atoms with Gasteiger partial charge in [0.15, 0.2) is 0 Å². The second-order valence-electron chi connectivity index (χ2n) is 3.54. The Balaban J connectivity index is 2.25. The maximum Gasteiger partial charge on any atom is 0.263 e. The molecule has 0 unspecified atom stereocenters. The van der Waals surface area contributed by atoms with Crippen molar-refractivity contribution in [2.75, 3.05) is 4.72 Å². The van der Waals surface area contributed by atoms with E-state index in [0.717, 1.165) is 0 Å². The first-order chi connectivity index (χ1) is 8.12. The van der Waals surface area contributed by atoms with Crippen LogP contribution in [0.2, 0.25) is 0 Å². The third-order valence-corrected chi connectivity index (χ3v) is 3.63. The SMILES string of the molecule is NCc1cc(S(=O)(=O)Nc2ccccc2)c[nH]1. The number of para-hydroxylation sites is 1. The van der Waals surface area contributed by atoms with Crippen molar-refractivity contribution in [3.63, 3.8) is 0 Å². The van der Waals surface area contributed by atoms with Crippen LogP contribution in [0.25, 0.3) is 0 Å². The summed E-state index contributed by atoms with van der Waals surface area (Å²) < 4.78 is 26.4. The van der Waals surface area contributed by atoms with Crippen LogP contribution in [0, 0.1) is 0 Å². The molecule has 0 spiro atoms. The highest BCUT2D eigenvalue weighted by Gasteiger charge is 2.15. The standard InChI is InChI=1S/C11H13N3O2S/c12-7-10-6-11(8-13-10)17(15,16)14-9-4-2-1-3-5-9/h1-6,8,13-14H,7,12H2. The summed E-state index contributed by atoms with van der Waals surface area (Å²) in [5, 5.41) is 0. The molecule has 4 N–H and O–H groups in total. The number of benzene rings is 1. The fraction of sp³-hybridized carbons (Fsp3) is 0.0909. The van der Waals surface area contributed by atoms with Gasteiger partial charge >= 0.3 is 0 Å². The first kappa shape index (κ1) is 11.7. The van der Waals surface area contributed by atoms with Crippen molar-refractivity contribution in [1.29, 1.82) is 0 Å². The van der Waals surface area contributed by atoms with E-state index in [1.54, 1.807) is 24.3 Å². The second kappa shape index (κ2) is 4.60. The van der Waals surface area contributed by atoms with Gasteiger partial charge in [-0.05, 0) is 18.2 Å². The zero-order valence-electron chi connectivity index (χ0n) is 9.05. The maximum absolute atomic E-state index is 12.0. The van der Waals surface area contributed by atoms with Gasteiger partial charge in [0.1, 0.15) is 4.90 Å². The minimum atomic E-state index is -3.54. The molecule has 0 aliphatic heterocycles. The third kappa shape index (κ3) is 2.66. The number of nitrogens with one attached hydrogen (secondary N) is 2. The summed E-state index contributed by atoms with van der Waals surface area (Å²) in [5.74, 6) is 0. The lowest BCUT2D eigenvalue weighted by molar-refractivity contribution is 0.601. The molecule has 1 aromatic heterocycles. The molecule has 17 heavy (non-hydrogen) atoms. The molecule has 0 aliphatic carbocycles. The van der Waals surface area contributed by atoms with Crippen LogP contribution in [0.1, 0.15) is 5.69 Å². The van der Waals surface area contributed by atoms with Crippen LogP contribution in [0.3, 0.4) is 0 Å². The lowest BCUT2D eigenvalue weighted by atomic mass is 10.3. The highest BCUT2D eigenvalue weighted by molar-refractivity contribution is 7.92. The van der Waals surface area contributed by atoms with Gasteiger partial charge in [0.2, 0.25) is 0 Å². The fourth-order valence-electron chi connectivity index (χ4n) is 1.41. The smallest absolute Gasteiger partial charge is 0.263 e. The van der Waals surface area contributed by atoms with E-state index in [1.807, 2.05) is 6.07 Å². The minimum absolute atomic E-state index is 0.182. The zero-order chi connectivity index (χ0) is 12.3. The summed E-state index contributed by atoms with van der Waals surface area (Å²) >= 11 is 0. The maximum atomic E-state index is 12.0. The summed E-state index contributed by atoms with van der Waals surface area (Å²) in [7, 11) is -3.54. The molecular weight excluding hydrogens is 238 g/mol. The Labute approximate surface area is 99.7 Å². The number of rotatable bonds is 4. The topological polar surface area (TPSA) is 88.0 Å². The van der Waals surface area contributed by atoms with Gasteiger partial charge < -0.3 is 10.7 Å². The van der Waals surface area contributed by atoms with Crippen molar-refractivity contribution >= 4 is 15.7 Å². The van der Waals surface area contributed by atoms with Crippen LogP contribution in [-0.2, 0) is 16.6 Å². The van der Waals surface area contributed by atoms with Crippen LogP contribution in [-0.4, -0.2) is 13.4 Å². The normalized spacial score (nSPS) is 11.4. The van der Waals surface area contributed by atoms with E-state index in [0.29, 0.717) is 11.4 Å². The van der Waals surface area contributed by atoms with E-state index < -0.39 is 10.0 Å². The van der Waals surface area contributed by atoms with Crippen LogP contribution >= 0.6 is 0 Å². The van der Waals surface area contributed by atoms with Gasteiger partial charge in [-0.1, -0.05) is 18.2 Å². The van der Waals surface area contributed by atoms with Crippen LogP contribution in [0.15, 0.2) is 47.5 Å². The van der Waals surface area contributed by atoms with Crippen molar-refractivity contribution in [3.8, 4) is 0 Å². The predicted octanol–water partition coefficient (Wildman–Crippen LogP) is 1.27. The summed E-state index contributed by atoms with van der Waals surface area (Å²) in [6, 6.07) is 10.2. The first-order valence-corrected chi connectivity index (χ1v) is 6.55. The summed E-state index contributed by atoms with van der Waals surface area (Å²) in [5.41, 5.74) is 6.62. The fourth-order valence-corrected chi connectivity index (χ4v) is 2.49. The molecule has 1 aromatic carbocycles. The number of hydrogen-bond acceptors (Lipinski definition) is 3. The van der Waals surface area contributed by atoms with Crippen molar-refractivity contribution in [3.05, 3.63) is 48.3 Å². The van der Waals surface area contributed by atoms with Gasteiger partial charge in [-0.2, -0.15) is 0 Å². The van der Waals surface area contributed by atoms with E-state index in [4.69, 9.17) is 5.73 Å². The molecule has 2 rings (SSSR count). The van der Waals surface area contributed by atoms with E-state index >= 15 is 0 Å². The molecule has 0 atom stereocenters. The highest BCUT2D eigenvalue weighted by Crippen LogP contribution is 2.16. The number of sulfonamides is 1. The third-order valence-electron chi connectivity index (χ3n) is 2.27.